The fourth-order valence-corrected chi connectivity index (χ4v) is 2.37. The van der Waals surface area contributed by atoms with Crippen LogP contribution < -0.4 is 10.7 Å². The van der Waals surface area contributed by atoms with E-state index in [9.17, 15) is 4.39 Å². The number of rotatable bonds is 4. The summed E-state index contributed by atoms with van der Waals surface area (Å²) < 4.78 is 13.0. The van der Waals surface area contributed by atoms with Gasteiger partial charge in [0.1, 0.15) is 5.82 Å². The lowest BCUT2D eigenvalue weighted by atomic mass is 10.1. The highest BCUT2D eigenvalue weighted by molar-refractivity contribution is 7.80. The van der Waals surface area contributed by atoms with Gasteiger partial charge < -0.3 is 5.32 Å². The van der Waals surface area contributed by atoms with E-state index in [0.717, 1.165) is 22.5 Å². The molecule has 2 rings (SSSR count). The SMILES string of the molecule is CCC(=NNC(=S)Nc1ccc(C)cc1C)c1ccc(F)cc1. The van der Waals surface area contributed by atoms with Gasteiger partial charge in [0.25, 0.3) is 0 Å². The van der Waals surface area contributed by atoms with Crippen LogP contribution in [0, 0.1) is 19.7 Å². The number of nitrogens with one attached hydrogen (secondary N) is 2. The largest absolute Gasteiger partial charge is 0.331 e. The maximum Gasteiger partial charge on any atom is 0.191 e. The van der Waals surface area contributed by atoms with E-state index in [1.807, 2.05) is 32.9 Å². The van der Waals surface area contributed by atoms with Crippen LogP contribution in [-0.2, 0) is 0 Å². The average molecular weight is 329 g/mol. The summed E-state index contributed by atoms with van der Waals surface area (Å²) in [4.78, 5) is 0. The van der Waals surface area contributed by atoms with Gasteiger partial charge in [0.15, 0.2) is 5.11 Å². The Balaban J connectivity index is 2.05. The molecule has 0 aromatic heterocycles. The van der Waals surface area contributed by atoms with Crippen molar-refractivity contribution in [2.24, 2.45) is 5.10 Å². The Morgan fingerprint density at radius 2 is 1.83 bits per heavy atom. The highest BCUT2D eigenvalue weighted by Crippen LogP contribution is 2.15. The molecular weight excluding hydrogens is 309 g/mol. The molecule has 5 heteroatoms. The van der Waals surface area contributed by atoms with Crippen molar-refractivity contribution in [2.45, 2.75) is 27.2 Å². The smallest absolute Gasteiger partial charge is 0.191 e. The summed E-state index contributed by atoms with van der Waals surface area (Å²) in [6.07, 6.45) is 0.713. The van der Waals surface area contributed by atoms with Crippen LogP contribution in [0.1, 0.15) is 30.0 Å². The van der Waals surface area contributed by atoms with Gasteiger partial charge in [-0.3, -0.25) is 5.43 Å². The summed E-state index contributed by atoms with van der Waals surface area (Å²) in [6, 6.07) is 12.4. The second kappa shape index (κ2) is 7.83. The number of thiocarbonyl (C=S) groups is 1. The highest BCUT2D eigenvalue weighted by atomic mass is 32.1. The number of halogens is 1. The van der Waals surface area contributed by atoms with Crippen molar-refractivity contribution >= 4 is 28.7 Å². The van der Waals surface area contributed by atoms with Crippen LogP contribution in [0.25, 0.3) is 0 Å². The van der Waals surface area contributed by atoms with Crippen molar-refractivity contribution in [3.63, 3.8) is 0 Å². The van der Waals surface area contributed by atoms with Gasteiger partial charge in [0.2, 0.25) is 0 Å². The topological polar surface area (TPSA) is 36.4 Å². The van der Waals surface area contributed by atoms with Gasteiger partial charge in [-0.05, 0) is 61.8 Å². The molecular formula is C18H20FN3S. The molecule has 0 aliphatic heterocycles. The van der Waals surface area contributed by atoms with Crippen molar-refractivity contribution in [3.8, 4) is 0 Å². The van der Waals surface area contributed by atoms with Gasteiger partial charge in [-0.1, -0.05) is 36.8 Å². The molecule has 3 nitrogen and oxygen atoms in total. The zero-order valence-electron chi connectivity index (χ0n) is 13.5. The molecule has 0 bridgehead atoms. The van der Waals surface area contributed by atoms with Crippen LogP contribution in [0.3, 0.4) is 0 Å². The minimum absolute atomic E-state index is 0.260. The zero-order valence-corrected chi connectivity index (χ0v) is 14.3. The fraction of sp³-hybridized carbons (Fsp3) is 0.222. The highest BCUT2D eigenvalue weighted by Gasteiger charge is 2.04. The van der Waals surface area contributed by atoms with Crippen molar-refractivity contribution < 1.29 is 4.39 Å². The molecule has 0 amide bonds. The van der Waals surface area contributed by atoms with E-state index in [2.05, 4.69) is 21.9 Å². The third kappa shape index (κ3) is 4.86. The number of hydrogen-bond donors (Lipinski definition) is 2. The average Bonchev–Trinajstić information content (AvgIpc) is 2.52. The molecule has 0 aliphatic carbocycles. The van der Waals surface area contributed by atoms with Gasteiger partial charge in [0, 0.05) is 5.69 Å². The molecule has 0 heterocycles. The number of aryl methyl sites for hydroxylation is 2. The molecule has 0 fully saturated rings. The Morgan fingerprint density at radius 3 is 2.43 bits per heavy atom. The molecule has 0 saturated heterocycles. The Morgan fingerprint density at radius 1 is 1.13 bits per heavy atom. The maximum absolute atomic E-state index is 13.0. The van der Waals surface area contributed by atoms with E-state index in [-0.39, 0.29) is 5.82 Å². The van der Waals surface area contributed by atoms with E-state index in [1.54, 1.807) is 12.1 Å². The molecule has 0 aliphatic rings. The molecule has 0 unspecified atom stereocenters. The van der Waals surface area contributed by atoms with Crippen LogP contribution in [0.2, 0.25) is 0 Å². The Labute approximate surface area is 141 Å². The summed E-state index contributed by atoms with van der Waals surface area (Å²) in [6.45, 7) is 6.07. The van der Waals surface area contributed by atoms with E-state index in [0.29, 0.717) is 11.5 Å². The van der Waals surface area contributed by atoms with E-state index in [1.165, 1.54) is 17.7 Å². The van der Waals surface area contributed by atoms with Crippen molar-refractivity contribution in [3.05, 3.63) is 65.0 Å². The first-order chi connectivity index (χ1) is 11.0. The summed E-state index contributed by atoms with van der Waals surface area (Å²) in [7, 11) is 0. The molecule has 0 atom stereocenters. The van der Waals surface area contributed by atoms with Crippen LogP contribution >= 0.6 is 12.2 Å². The predicted molar refractivity (Wildman–Crippen MR) is 98.5 cm³/mol. The van der Waals surface area contributed by atoms with Gasteiger partial charge in [0.05, 0.1) is 5.71 Å². The lowest BCUT2D eigenvalue weighted by Gasteiger charge is -2.11. The second-order valence-electron chi connectivity index (χ2n) is 5.30. The molecule has 2 N–H and O–H groups in total. The first-order valence-corrected chi connectivity index (χ1v) is 7.87. The van der Waals surface area contributed by atoms with Crippen LogP contribution in [-0.4, -0.2) is 10.8 Å². The third-order valence-corrected chi connectivity index (χ3v) is 3.63. The van der Waals surface area contributed by atoms with Crippen LogP contribution in [0.4, 0.5) is 10.1 Å². The van der Waals surface area contributed by atoms with Crippen molar-refractivity contribution in [1.82, 2.24) is 5.43 Å². The summed E-state index contributed by atoms with van der Waals surface area (Å²) in [5.74, 6) is -0.260. The number of hydrazone groups is 1. The number of benzene rings is 2. The van der Waals surface area contributed by atoms with Crippen molar-refractivity contribution in [2.75, 3.05) is 5.32 Å². The maximum atomic E-state index is 13.0. The molecule has 2 aromatic rings. The Hall–Kier alpha value is -2.27. The number of anilines is 1. The predicted octanol–water partition coefficient (Wildman–Crippen LogP) is 4.54. The van der Waals surface area contributed by atoms with E-state index < -0.39 is 0 Å². The standard InChI is InChI=1S/C18H20FN3S/c1-4-16(14-6-8-15(19)9-7-14)21-22-18(23)20-17-10-5-12(2)11-13(17)3/h5-11H,4H2,1-3H3,(H2,20,22,23). The van der Waals surface area contributed by atoms with E-state index >= 15 is 0 Å². The lowest BCUT2D eigenvalue weighted by molar-refractivity contribution is 0.627. The third-order valence-electron chi connectivity index (χ3n) is 3.43. The minimum atomic E-state index is -0.260. The summed E-state index contributed by atoms with van der Waals surface area (Å²) in [5, 5.41) is 7.88. The van der Waals surface area contributed by atoms with Gasteiger partial charge in [-0.2, -0.15) is 5.10 Å². The summed E-state index contributed by atoms with van der Waals surface area (Å²) >= 11 is 5.28. The minimum Gasteiger partial charge on any atom is -0.331 e. The Kier molecular flexibility index (Phi) is 5.82. The first kappa shape index (κ1) is 17.1. The van der Waals surface area contributed by atoms with Gasteiger partial charge in [-0.15, -0.1) is 0 Å². The first-order valence-electron chi connectivity index (χ1n) is 7.46. The van der Waals surface area contributed by atoms with Crippen LogP contribution in [0.15, 0.2) is 47.6 Å². The Bertz CT molecular complexity index is 724. The van der Waals surface area contributed by atoms with Crippen molar-refractivity contribution in [1.29, 1.82) is 0 Å². The fourth-order valence-electron chi connectivity index (χ4n) is 2.21. The molecule has 120 valence electrons. The normalized spacial score (nSPS) is 11.2. The monoisotopic (exact) mass is 329 g/mol. The lowest BCUT2D eigenvalue weighted by Crippen LogP contribution is -2.25. The van der Waals surface area contributed by atoms with E-state index in [4.69, 9.17) is 12.2 Å². The molecule has 0 radical (unpaired) electrons. The molecule has 0 spiro atoms. The molecule has 2 aromatic carbocycles. The second-order valence-corrected chi connectivity index (χ2v) is 5.71. The zero-order chi connectivity index (χ0) is 16.8. The van der Waals surface area contributed by atoms with Gasteiger partial charge >= 0.3 is 0 Å². The van der Waals surface area contributed by atoms with Gasteiger partial charge in [-0.25, -0.2) is 4.39 Å². The van der Waals surface area contributed by atoms with Crippen LogP contribution in [0.5, 0.6) is 0 Å². The number of nitrogens with zero attached hydrogens (tertiary/aromatic N) is 1. The number of hydrogen-bond acceptors (Lipinski definition) is 2. The molecule has 23 heavy (non-hydrogen) atoms. The molecule has 0 saturated carbocycles. The summed E-state index contributed by atoms with van der Waals surface area (Å²) in [5.41, 5.74) is 7.81. The quantitative estimate of drug-likeness (QED) is 0.491.